The van der Waals surface area contributed by atoms with Crippen LogP contribution < -0.4 is 14.8 Å². The van der Waals surface area contributed by atoms with Crippen LogP contribution in [0, 0.1) is 5.82 Å². The van der Waals surface area contributed by atoms with Crippen molar-refractivity contribution in [3.63, 3.8) is 0 Å². The first kappa shape index (κ1) is 24.8. The molecule has 0 aliphatic heterocycles. The molecule has 0 spiro atoms. The number of ether oxygens (including phenoxy) is 3. The van der Waals surface area contributed by atoms with Gasteiger partial charge < -0.3 is 23.9 Å². The Morgan fingerprint density at radius 3 is 2.25 bits per heavy atom. The number of benzene rings is 3. The number of carbonyl (C=O) groups excluding carboxylic acids is 2. The predicted molar refractivity (Wildman–Crippen MR) is 134 cm³/mol. The first-order valence-corrected chi connectivity index (χ1v) is 11.3. The molecule has 0 atom stereocenters. The van der Waals surface area contributed by atoms with Crippen LogP contribution in [0.15, 0.2) is 59.0 Å². The number of esters is 1. The number of rotatable bonds is 7. The van der Waals surface area contributed by atoms with Gasteiger partial charge in [-0.15, -0.1) is 0 Å². The Morgan fingerprint density at radius 2 is 1.64 bits per heavy atom. The van der Waals surface area contributed by atoms with Crippen LogP contribution in [0.25, 0.3) is 33.4 Å². The molecule has 1 N–H and O–H groups in total. The number of methoxy groups -OCH3 is 2. The van der Waals surface area contributed by atoms with E-state index in [4.69, 9.17) is 18.6 Å². The molecule has 8 heteroatoms. The minimum atomic E-state index is -0.547. The van der Waals surface area contributed by atoms with E-state index in [1.165, 1.54) is 33.4 Å². The second kappa shape index (κ2) is 10.1. The topological polar surface area (TPSA) is 87.0 Å². The van der Waals surface area contributed by atoms with E-state index in [0.29, 0.717) is 50.5 Å². The van der Waals surface area contributed by atoms with Crippen LogP contribution in [0.5, 0.6) is 11.5 Å². The van der Waals surface area contributed by atoms with Crippen molar-refractivity contribution in [1.29, 1.82) is 0 Å². The molecule has 0 radical (unpaired) electrons. The second-order valence-corrected chi connectivity index (χ2v) is 8.31. The number of carbonyl (C=O) groups is 2. The molecule has 3 aromatic carbocycles. The molecule has 1 heterocycles. The van der Waals surface area contributed by atoms with E-state index in [9.17, 15) is 14.0 Å². The van der Waals surface area contributed by atoms with E-state index in [1.807, 2.05) is 13.8 Å². The number of hydrogen-bond donors (Lipinski definition) is 1. The van der Waals surface area contributed by atoms with Crippen LogP contribution in [0.4, 0.5) is 4.39 Å². The van der Waals surface area contributed by atoms with Crippen molar-refractivity contribution >= 4 is 22.8 Å². The summed E-state index contributed by atoms with van der Waals surface area (Å²) in [5, 5.41) is 3.19. The minimum Gasteiger partial charge on any atom is -0.496 e. The molecule has 0 fully saturated rings. The van der Waals surface area contributed by atoms with Gasteiger partial charge in [0.05, 0.1) is 25.9 Å². The van der Waals surface area contributed by atoms with Crippen LogP contribution in [0.1, 0.15) is 34.6 Å². The predicted octanol–water partition coefficient (Wildman–Crippen LogP) is 5.85. The maximum atomic E-state index is 13.5. The lowest BCUT2D eigenvalue weighted by Crippen LogP contribution is -2.18. The molecule has 36 heavy (non-hydrogen) atoms. The van der Waals surface area contributed by atoms with Crippen molar-refractivity contribution in [2.24, 2.45) is 0 Å². The summed E-state index contributed by atoms with van der Waals surface area (Å²) < 4.78 is 36.0. The summed E-state index contributed by atoms with van der Waals surface area (Å²) >= 11 is 0. The number of amides is 1. The van der Waals surface area contributed by atoms with Gasteiger partial charge in [-0.05, 0) is 61.9 Å². The van der Waals surface area contributed by atoms with Gasteiger partial charge >= 0.3 is 5.97 Å². The largest absolute Gasteiger partial charge is 0.496 e. The summed E-state index contributed by atoms with van der Waals surface area (Å²) in [7, 11) is 4.30. The normalized spacial score (nSPS) is 11.0. The van der Waals surface area contributed by atoms with E-state index in [-0.39, 0.29) is 17.6 Å². The van der Waals surface area contributed by atoms with Crippen molar-refractivity contribution in [3.05, 3.63) is 71.5 Å². The molecule has 0 saturated heterocycles. The van der Waals surface area contributed by atoms with E-state index in [2.05, 4.69) is 5.32 Å². The smallest absolute Gasteiger partial charge is 0.341 e. The van der Waals surface area contributed by atoms with Crippen LogP contribution >= 0.6 is 0 Å². The number of furan rings is 1. The van der Waals surface area contributed by atoms with Crippen molar-refractivity contribution in [3.8, 4) is 33.9 Å². The third kappa shape index (κ3) is 4.62. The highest BCUT2D eigenvalue weighted by atomic mass is 19.1. The first-order valence-electron chi connectivity index (χ1n) is 11.3. The molecule has 1 amide bonds. The molecule has 4 aromatic rings. The Hall–Kier alpha value is -4.33. The standard InChI is InChI=1S/C28H26FNO6/c1-15(2)35-23-14-24-20(13-19(23)17-8-11-22(33-4)21(12-17)28(32)34-5)25(27(31)30-3)26(36-24)16-6-9-18(29)10-7-16/h6-15H,1-5H3,(H,30,31). The molecule has 0 aliphatic carbocycles. The number of fused-ring (bicyclic) bond motifs is 1. The molecule has 0 bridgehead atoms. The van der Waals surface area contributed by atoms with Gasteiger partial charge in [0, 0.05) is 29.6 Å². The van der Waals surface area contributed by atoms with Gasteiger partial charge in [-0.25, -0.2) is 9.18 Å². The lowest BCUT2D eigenvalue weighted by molar-refractivity contribution is 0.0597. The summed E-state index contributed by atoms with van der Waals surface area (Å²) in [6, 6.07) is 14.3. The molecule has 7 nitrogen and oxygen atoms in total. The Kier molecular flexibility index (Phi) is 6.96. The molecule has 0 aliphatic rings. The van der Waals surface area contributed by atoms with Crippen LogP contribution in [-0.2, 0) is 4.74 Å². The van der Waals surface area contributed by atoms with Gasteiger partial charge in [0.25, 0.3) is 5.91 Å². The first-order chi connectivity index (χ1) is 17.3. The summed E-state index contributed by atoms with van der Waals surface area (Å²) in [6.07, 6.45) is -0.163. The van der Waals surface area contributed by atoms with Gasteiger partial charge in [0.15, 0.2) is 0 Å². The SMILES string of the molecule is CNC(=O)c1c(-c2ccc(F)cc2)oc2cc(OC(C)C)c(-c3ccc(OC)c(C(=O)OC)c3)cc12. The van der Waals surface area contributed by atoms with Crippen LogP contribution in [0.2, 0.25) is 0 Å². The van der Waals surface area contributed by atoms with Crippen molar-refractivity contribution in [2.75, 3.05) is 21.3 Å². The number of halogens is 1. The zero-order valence-electron chi connectivity index (χ0n) is 20.6. The summed E-state index contributed by atoms with van der Waals surface area (Å²) in [4.78, 5) is 25.4. The third-order valence-electron chi connectivity index (χ3n) is 5.63. The summed E-state index contributed by atoms with van der Waals surface area (Å²) in [5.41, 5.74) is 2.82. The highest BCUT2D eigenvalue weighted by molar-refractivity contribution is 6.12. The minimum absolute atomic E-state index is 0.163. The fraction of sp³-hybridized carbons (Fsp3) is 0.214. The fourth-order valence-electron chi connectivity index (χ4n) is 4.00. The zero-order valence-corrected chi connectivity index (χ0v) is 20.6. The van der Waals surface area contributed by atoms with E-state index >= 15 is 0 Å². The van der Waals surface area contributed by atoms with Gasteiger partial charge in [-0.2, -0.15) is 0 Å². The molecule has 186 valence electrons. The lowest BCUT2D eigenvalue weighted by atomic mass is 9.97. The zero-order chi connectivity index (χ0) is 26.0. The molecule has 4 rings (SSSR count). The Bertz CT molecular complexity index is 1440. The molecular formula is C28H26FNO6. The maximum Gasteiger partial charge on any atom is 0.341 e. The van der Waals surface area contributed by atoms with Crippen LogP contribution in [0.3, 0.4) is 0 Å². The molecule has 1 aromatic heterocycles. The Balaban J connectivity index is 2.01. The van der Waals surface area contributed by atoms with Crippen LogP contribution in [-0.4, -0.2) is 39.2 Å². The monoisotopic (exact) mass is 491 g/mol. The van der Waals surface area contributed by atoms with Crippen molar-refractivity contribution in [1.82, 2.24) is 5.32 Å². The summed E-state index contributed by atoms with van der Waals surface area (Å²) in [6.45, 7) is 3.79. The Morgan fingerprint density at radius 1 is 0.944 bits per heavy atom. The molecular weight excluding hydrogens is 465 g/mol. The Labute approximate surface area is 207 Å². The third-order valence-corrected chi connectivity index (χ3v) is 5.63. The van der Waals surface area contributed by atoms with E-state index < -0.39 is 11.8 Å². The van der Waals surface area contributed by atoms with Gasteiger partial charge in [0.1, 0.15) is 34.2 Å². The van der Waals surface area contributed by atoms with Crippen molar-refractivity contribution in [2.45, 2.75) is 20.0 Å². The van der Waals surface area contributed by atoms with E-state index in [1.54, 1.807) is 42.5 Å². The number of nitrogens with one attached hydrogen (secondary N) is 1. The highest BCUT2D eigenvalue weighted by Crippen LogP contribution is 2.42. The summed E-state index contributed by atoms with van der Waals surface area (Å²) in [5.74, 6) is -0.128. The quantitative estimate of drug-likeness (QED) is 0.327. The van der Waals surface area contributed by atoms with Gasteiger partial charge in [-0.3, -0.25) is 4.79 Å². The molecule has 0 saturated carbocycles. The molecule has 0 unspecified atom stereocenters. The van der Waals surface area contributed by atoms with Gasteiger partial charge in [-0.1, -0.05) is 6.07 Å². The average molecular weight is 492 g/mol. The fourth-order valence-corrected chi connectivity index (χ4v) is 4.00. The average Bonchev–Trinajstić information content (AvgIpc) is 3.25. The lowest BCUT2D eigenvalue weighted by Gasteiger charge is -2.16. The maximum absolute atomic E-state index is 13.5. The van der Waals surface area contributed by atoms with Crippen molar-refractivity contribution < 1.29 is 32.6 Å². The highest BCUT2D eigenvalue weighted by Gasteiger charge is 2.25. The number of hydrogen-bond acceptors (Lipinski definition) is 6. The second-order valence-electron chi connectivity index (χ2n) is 8.31. The van der Waals surface area contributed by atoms with Gasteiger partial charge in [0.2, 0.25) is 0 Å². The van der Waals surface area contributed by atoms with E-state index in [0.717, 1.165) is 0 Å².